The molecule has 2 amide bonds. The van der Waals surface area contributed by atoms with Crippen LogP contribution in [-0.4, -0.2) is 60.7 Å². The molecule has 7 heteroatoms. The number of halogens is 1. The van der Waals surface area contributed by atoms with E-state index in [-0.39, 0.29) is 12.0 Å². The Balaban J connectivity index is 1.91. The molecule has 1 aromatic rings. The van der Waals surface area contributed by atoms with Crippen molar-refractivity contribution in [1.82, 2.24) is 9.80 Å². The van der Waals surface area contributed by atoms with Crippen LogP contribution in [0.2, 0.25) is 5.02 Å². The molecule has 2 rings (SSSR count). The van der Waals surface area contributed by atoms with E-state index in [2.05, 4.69) is 0 Å². The van der Waals surface area contributed by atoms with Crippen molar-refractivity contribution < 1.29 is 19.1 Å². The van der Waals surface area contributed by atoms with Crippen LogP contribution in [0, 0.1) is 0 Å². The second-order valence-corrected chi connectivity index (χ2v) is 5.92. The molecule has 1 saturated heterocycles. The zero-order chi connectivity index (χ0) is 17.5. The van der Waals surface area contributed by atoms with Crippen LogP contribution < -0.4 is 4.74 Å². The number of ether oxygens (including phenoxy) is 2. The van der Waals surface area contributed by atoms with E-state index in [1.165, 1.54) is 0 Å². The second kappa shape index (κ2) is 8.78. The van der Waals surface area contributed by atoms with Gasteiger partial charge in [-0.3, -0.25) is 4.79 Å². The van der Waals surface area contributed by atoms with Crippen molar-refractivity contribution in [2.24, 2.45) is 0 Å². The standard InChI is InChI=1S/C17H23ClN2O4/c1-3-15(24-14-7-5-6-13(18)12-14)16(21)19-8-10-20(11-9-19)17(22)23-4-2/h5-7,12,15H,3-4,8-11H2,1-2H3/t15-/m0/s1. The van der Waals surface area contributed by atoms with Gasteiger partial charge in [-0.1, -0.05) is 24.6 Å². The van der Waals surface area contributed by atoms with Crippen molar-refractivity contribution in [1.29, 1.82) is 0 Å². The monoisotopic (exact) mass is 354 g/mol. The summed E-state index contributed by atoms with van der Waals surface area (Å²) in [6.45, 7) is 5.93. The average Bonchev–Trinajstić information content (AvgIpc) is 2.59. The largest absolute Gasteiger partial charge is 0.481 e. The van der Waals surface area contributed by atoms with Gasteiger partial charge >= 0.3 is 6.09 Å². The van der Waals surface area contributed by atoms with Crippen molar-refractivity contribution in [3.63, 3.8) is 0 Å². The zero-order valence-corrected chi connectivity index (χ0v) is 14.8. The molecule has 0 aliphatic carbocycles. The van der Waals surface area contributed by atoms with Gasteiger partial charge in [0.1, 0.15) is 5.75 Å². The number of rotatable bonds is 5. The second-order valence-electron chi connectivity index (χ2n) is 5.48. The molecule has 1 aliphatic heterocycles. The summed E-state index contributed by atoms with van der Waals surface area (Å²) in [5.74, 6) is 0.508. The Kier molecular flexibility index (Phi) is 6.73. The van der Waals surface area contributed by atoms with Gasteiger partial charge in [-0.2, -0.15) is 0 Å². The summed E-state index contributed by atoms with van der Waals surface area (Å²) in [4.78, 5) is 27.7. The Morgan fingerprint density at radius 2 is 1.83 bits per heavy atom. The molecule has 1 aliphatic rings. The van der Waals surface area contributed by atoms with E-state index in [1.54, 1.807) is 41.0 Å². The van der Waals surface area contributed by atoms with Gasteiger partial charge in [-0.05, 0) is 31.5 Å². The molecule has 0 aromatic heterocycles. The van der Waals surface area contributed by atoms with Gasteiger partial charge in [0, 0.05) is 31.2 Å². The number of benzene rings is 1. The third kappa shape index (κ3) is 4.77. The number of carbonyl (C=O) groups excluding carboxylic acids is 2. The fourth-order valence-electron chi connectivity index (χ4n) is 2.54. The number of hydrogen-bond acceptors (Lipinski definition) is 4. The first-order valence-electron chi connectivity index (χ1n) is 8.17. The first-order valence-corrected chi connectivity index (χ1v) is 8.55. The maximum Gasteiger partial charge on any atom is 0.409 e. The molecule has 132 valence electrons. The Bertz CT molecular complexity index is 573. The topological polar surface area (TPSA) is 59.1 Å². The predicted octanol–water partition coefficient (Wildman–Crippen LogP) is 2.80. The maximum atomic E-state index is 12.7. The van der Waals surface area contributed by atoms with E-state index in [4.69, 9.17) is 21.1 Å². The number of piperazine rings is 1. The molecule has 1 heterocycles. The van der Waals surface area contributed by atoms with Crippen LogP contribution in [0.15, 0.2) is 24.3 Å². The summed E-state index contributed by atoms with van der Waals surface area (Å²) in [5, 5.41) is 0.567. The van der Waals surface area contributed by atoms with Gasteiger partial charge in [-0.15, -0.1) is 0 Å². The lowest BCUT2D eigenvalue weighted by atomic mass is 10.2. The molecule has 1 fully saturated rings. The summed E-state index contributed by atoms with van der Waals surface area (Å²) >= 11 is 5.95. The van der Waals surface area contributed by atoms with Gasteiger partial charge in [0.25, 0.3) is 5.91 Å². The van der Waals surface area contributed by atoms with Crippen molar-refractivity contribution in [3.05, 3.63) is 29.3 Å². The fourth-order valence-corrected chi connectivity index (χ4v) is 2.72. The minimum Gasteiger partial charge on any atom is -0.481 e. The van der Waals surface area contributed by atoms with Crippen molar-refractivity contribution in [2.75, 3.05) is 32.8 Å². The van der Waals surface area contributed by atoms with Gasteiger partial charge in [0.05, 0.1) is 6.61 Å². The van der Waals surface area contributed by atoms with E-state index in [1.807, 2.05) is 6.92 Å². The number of amides is 2. The Morgan fingerprint density at radius 3 is 2.42 bits per heavy atom. The third-order valence-electron chi connectivity index (χ3n) is 3.84. The lowest BCUT2D eigenvalue weighted by Crippen LogP contribution is -2.53. The van der Waals surface area contributed by atoms with E-state index in [9.17, 15) is 9.59 Å². The Morgan fingerprint density at radius 1 is 1.17 bits per heavy atom. The molecule has 0 N–H and O–H groups in total. The fraction of sp³-hybridized carbons (Fsp3) is 0.529. The third-order valence-corrected chi connectivity index (χ3v) is 4.07. The van der Waals surface area contributed by atoms with Crippen molar-refractivity contribution >= 4 is 23.6 Å². The molecular weight excluding hydrogens is 332 g/mol. The molecule has 1 atom stereocenters. The summed E-state index contributed by atoms with van der Waals surface area (Å²) in [6.07, 6.45) is -0.326. The minimum absolute atomic E-state index is 0.0685. The van der Waals surface area contributed by atoms with Crippen LogP contribution in [0.1, 0.15) is 20.3 Å². The van der Waals surface area contributed by atoms with Gasteiger partial charge in [-0.25, -0.2) is 4.79 Å². The lowest BCUT2D eigenvalue weighted by molar-refractivity contribution is -0.140. The molecule has 6 nitrogen and oxygen atoms in total. The van der Waals surface area contributed by atoms with E-state index >= 15 is 0 Å². The van der Waals surface area contributed by atoms with Crippen LogP contribution in [0.5, 0.6) is 5.75 Å². The highest BCUT2D eigenvalue weighted by atomic mass is 35.5. The van der Waals surface area contributed by atoms with Crippen LogP contribution in [-0.2, 0) is 9.53 Å². The molecule has 0 spiro atoms. The molecule has 0 unspecified atom stereocenters. The number of hydrogen-bond donors (Lipinski definition) is 0. The van der Waals surface area contributed by atoms with Gasteiger partial charge in [0.15, 0.2) is 6.10 Å². The first-order chi connectivity index (χ1) is 11.5. The summed E-state index contributed by atoms with van der Waals surface area (Å²) in [6, 6.07) is 7.01. The van der Waals surface area contributed by atoms with Crippen LogP contribution in [0.25, 0.3) is 0 Å². The number of carbonyl (C=O) groups is 2. The predicted molar refractivity (Wildman–Crippen MR) is 91.3 cm³/mol. The van der Waals surface area contributed by atoms with Gasteiger partial charge in [0.2, 0.25) is 0 Å². The molecule has 1 aromatic carbocycles. The van der Waals surface area contributed by atoms with Crippen LogP contribution in [0.4, 0.5) is 4.79 Å². The zero-order valence-electron chi connectivity index (χ0n) is 14.0. The van der Waals surface area contributed by atoms with Crippen LogP contribution >= 0.6 is 11.6 Å². The van der Waals surface area contributed by atoms with Crippen molar-refractivity contribution in [3.8, 4) is 5.75 Å². The van der Waals surface area contributed by atoms with Crippen LogP contribution in [0.3, 0.4) is 0 Å². The Labute approximate surface area is 147 Å². The lowest BCUT2D eigenvalue weighted by Gasteiger charge is -2.35. The highest BCUT2D eigenvalue weighted by Crippen LogP contribution is 2.20. The van der Waals surface area contributed by atoms with Crippen molar-refractivity contribution in [2.45, 2.75) is 26.4 Å². The van der Waals surface area contributed by atoms with E-state index < -0.39 is 6.10 Å². The summed E-state index contributed by atoms with van der Waals surface area (Å²) in [7, 11) is 0. The summed E-state index contributed by atoms with van der Waals surface area (Å²) < 4.78 is 10.8. The highest BCUT2D eigenvalue weighted by Gasteiger charge is 2.29. The molecule has 0 bridgehead atoms. The normalized spacial score (nSPS) is 15.8. The van der Waals surface area contributed by atoms with Gasteiger partial charge < -0.3 is 19.3 Å². The molecule has 24 heavy (non-hydrogen) atoms. The number of nitrogens with zero attached hydrogens (tertiary/aromatic N) is 2. The first kappa shape index (κ1) is 18.4. The van der Waals surface area contributed by atoms with E-state index in [0.29, 0.717) is 50.0 Å². The molecule has 0 radical (unpaired) electrons. The maximum absolute atomic E-state index is 12.7. The average molecular weight is 355 g/mol. The molecule has 0 saturated carbocycles. The summed E-state index contributed by atoms with van der Waals surface area (Å²) in [5.41, 5.74) is 0. The Hall–Kier alpha value is -1.95. The van der Waals surface area contributed by atoms with E-state index in [0.717, 1.165) is 0 Å². The minimum atomic E-state index is -0.558. The quantitative estimate of drug-likeness (QED) is 0.815. The SMILES string of the molecule is CCOC(=O)N1CCN(C(=O)[C@H](CC)Oc2cccc(Cl)c2)CC1. The molecular formula is C17H23ClN2O4. The highest BCUT2D eigenvalue weighted by molar-refractivity contribution is 6.30. The smallest absolute Gasteiger partial charge is 0.409 e.